The molecule has 3 rings (SSSR count). The van der Waals surface area contributed by atoms with E-state index in [2.05, 4.69) is 5.10 Å². The van der Waals surface area contributed by atoms with Crippen molar-refractivity contribution in [1.82, 2.24) is 19.0 Å². The largest absolute Gasteiger partial charge is 0.341 e. The maximum Gasteiger partial charge on any atom is 0.244 e. The fourth-order valence-corrected chi connectivity index (χ4v) is 5.37. The van der Waals surface area contributed by atoms with Crippen LogP contribution in [0.2, 0.25) is 0 Å². The van der Waals surface area contributed by atoms with Gasteiger partial charge in [-0.25, -0.2) is 8.42 Å². The van der Waals surface area contributed by atoms with Crippen LogP contribution in [0.4, 0.5) is 0 Å². The number of hydrogen-bond acceptors (Lipinski definition) is 4. The molecule has 2 fully saturated rings. The Balaban J connectivity index is 1.56. The summed E-state index contributed by atoms with van der Waals surface area (Å²) in [5.41, 5.74) is 1.05. The minimum Gasteiger partial charge on any atom is -0.341 e. The molecule has 1 aromatic heterocycles. The Morgan fingerprint density at radius 3 is 2.52 bits per heavy atom. The second-order valence-electron chi connectivity index (χ2n) is 7.37. The number of hydrogen-bond donors (Lipinski definition) is 0. The average molecular weight is 369 g/mol. The van der Waals surface area contributed by atoms with Crippen LogP contribution >= 0.6 is 0 Å². The first-order valence-electron chi connectivity index (χ1n) is 9.08. The second kappa shape index (κ2) is 7.45. The van der Waals surface area contributed by atoms with Crippen molar-refractivity contribution in [2.24, 2.45) is 5.92 Å². The maximum absolute atomic E-state index is 12.4. The molecule has 0 radical (unpaired) electrons. The highest BCUT2D eigenvalue weighted by Gasteiger charge is 2.37. The number of carbonyl (C=O) groups is 1. The van der Waals surface area contributed by atoms with Crippen LogP contribution in [0.15, 0.2) is 12.4 Å². The molecule has 3 heterocycles. The zero-order valence-electron chi connectivity index (χ0n) is 15.1. The number of likely N-dealkylation sites (tertiary alicyclic amines) is 1. The van der Waals surface area contributed by atoms with Gasteiger partial charge in [-0.15, -0.1) is 0 Å². The molecule has 7 nitrogen and oxygen atoms in total. The fourth-order valence-electron chi connectivity index (χ4n) is 4.14. The van der Waals surface area contributed by atoms with Crippen molar-refractivity contribution in [3.05, 3.63) is 18.0 Å². The van der Waals surface area contributed by atoms with E-state index in [1.165, 1.54) is 6.26 Å². The van der Waals surface area contributed by atoms with Crippen LogP contribution in [0.3, 0.4) is 0 Å². The lowest BCUT2D eigenvalue weighted by Crippen LogP contribution is -2.50. The number of aryl methyl sites for hydroxylation is 1. The predicted octanol–water partition coefficient (Wildman–Crippen LogP) is 1.24. The average Bonchev–Trinajstić information content (AvgIpc) is 2.99. The molecular weight excluding hydrogens is 340 g/mol. The molecule has 2 aliphatic heterocycles. The Kier molecular flexibility index (Phi) is 5.48. The van der Waals surface area contributed by atoms with E-state index in [9.17, 15) is 13.2 Å². The molecule has 1 amide bonds. The van der Waals surface area contributed by atoms with Crippen molar-refractivity contribution in [3.8, 4) is 0 Å². The first kappa shape index (κ1) is 18.4. The lowest BCUT2D eigenvalue weighted by atomic mass is 9.85. The molecule has 0 N–H and O–H groups in total. The first-order valence-corrected chi connectivity index (χ1v) is 10.9. The molecule has 0 aromatic carbocycles. The smallest absolute Gasteiger partial charge is 0.244 e. The van der Waals surface area contributed by atoms with Crippen molar-refractivity contribution in [1.29, 1.82) is 0 Å². The maximum atomic E-state index is 12.4. The van der Waals surface area contributed by atoms with Crippen molar-refractivity contribution < 1.29 is 13.2 Å². The summed E-state index contributed by atoms with van der Waals surface area (Å²) in [4.78, 5) is 14.3. The van der Waals surface area contributed by atoms with Gasteiger partial charge in [-0.3, -0.25) is 9.48 Å². The van der Waals surface area contributed by atoms with Crippen molar-refractivity contribution in [2.75, 3.05) is 25.9 Å². The third-order valence-corrected chi connectivity index (χ3v) is 6.73. The summed E-state index contributed by atoms with van der Waals surface area (Å²) in [7, 11) is -3.15. The van der Waals surface area contributed by atoms with Crippen LogP contribution < -0.4 is 0 Å². The topological polar surface area (TPSA) is 75.5 Å². The minimum absolute atomic E-state index is 0.0881. The van der Waals surface area contributed by atoms with Crippen LogP contribution in [-0.2, 0) is 21.4 Å². The van der Waals surface area contributed by atoms with E-state index in [-0.39, 0.29) is 18.5 Å². The Bertz CT molecular complexity index is 707. The summed E-state index contributed by atoms with van der Waals surface area (Å²) < 4.78 is 27.5. The van der Waals surface area contributed by atoms with Crippen LogP contribution in [0.25, 0.3) is 0 Å². The lowest BCUT2D eigenvalue weighted by Gasteiger charge is -2.42. The van der Waals surface area contributed by atoms with E-state index in [1.807, 2.05) is 18.0 Å². The zero-order chi connectivity index (χ0) is 18.0. The highest BCUT2D eigenvalue weighted by atomic mass is 32.2. The summed E-state index contributed by atoms with van der Waals surface area (Å²) in [6.45, 7) is 4.28. The number of aromatic nitrogens is 2. The van der Waals surface area contributed by atoms with E-state index in [0.717, 1.165) is 37.7 Å². The summed E-state index contributed by atoms with van der Waals surface area (Å²) in [5, 5.41) is 4.17. The highest BCUT2D eigenvalue weighted by molar-refractivity contribution is 7.88. The van der Waals surface area contributed by atoms with Gasteiger partial charge in [-0.05, 0) is 44.1 Å². The van der Waals surface area contributed by atoms with Gasteiger partial charge in [-0.1, -0.05) is 6.42 Å². The molecule has 0 bridgehead atoms. The van der Waals surface area contributed by atoms with Crippen molar-refractivity contribution in [2.45, 2.75) is 51.6 Å². The van der Waals surface area contributed by atoms with Crippen molar-refractivity contribution >= 4 is 15.9 Å². The molecule has 1 atom stereocenters. The highest BCUT2D eigenvalue weighted by Crippen LogP contribution is 2.31. The number of sulfonamides is 1. The van der Waals surface area contributed by atoms with Gasteiger partial charge < -0.3 is 4.90 Å². The van der Waals surface area contributed by atoms with Gasteiger partial charge in [0.15, 0.2) is 0 Å². The van der Waals surface area contributed by atoms with E-state index in [0.29, 0.717) is 25.6 Å². The summed E-state index contributed by atoms with van der Waals surface area (Å²) >= 11 is 0. The van der Waals surface area contributed by atoms with Crippen LogP contribution in [-0.4, -0.2) is 65.2 Å². The lowest BCUT2D eigenvalue weighted by molar-refractivity contribution is -0.133. The molecular formula is C17H28N4O3S. The summed E-state index contributed by atoms with van der Waals surface area (Å²) in [6.07, 6.45) is 9.67. The van der Waals surface area contributed by atoms with Gasteiger partial charge in [0.2, 0.25) is 15.9 Å². The third kappa shape index (κ3) is 4.41. The Morgan fingerprint density at radius 2 is 1.92 bits per heavy atom. The molecule has 1 aromatic rings. The van der Waals surface area contributed by atoms with E-state index >= 15 is 0 Å². The van der Waals surface area contributed by atoms with E-state index < -0.39 is 10.0 Å². The summed E-state index contributed by atoms with van der Waals surface area (Å²) in [6, 6.07) is 0.106. The molecule has 0 aliphatic carbocycles. The zero-order valence-corrected chi connectivity index (χ0v) is 15.9. The monoisotopic (exact) mass is 368 g/mol. The normalized spacial score (nSPS) is 23.8. The SMILES string of the molecule is Cc1cnn(CC(=O)N2CCC([C@H]3CCCCN3S(C)(=O)=O)CC2)c1. The molecule has 25 heavy (non-hydrogen) atoms. The number of amides is 1. The Hall–Kier alpha value is -1.41. The molecule has 0 saturated carbocycles. The summed E-state index contributed by atoms with van der Waals surface area (Å²) in [5.74, 6) is 0.441. The van der Waals surface area contributed by atoms with E-state index in [4.69, 9.17) is 0 Å². The third-order valence-electron chi connectivity index (χ3n) is 5.42. The van der Waals surface area contributed by atoms with Gasteiger partial charge in [-0.2, -0.15) is 9.40 Å². The standard InChI is InChI=1S/C17H28N4O3S/c1-14-11-18-20(12-14)13-17(22)19-9-6-15(7-10-19)16-5-3-4-8-21(16)25(2,23)24/h11-12,15-16H,3-10,13H2,1-2H3/t16-/m1/s1. The quantitative estimate of drug-likeness (QED) is 0.801. The number of carbonyl (C=O) groups excluding carboxylic acids is 1. The van der Waals surface area contributed by atoms with Gasteiger partial charge in [0.25, 0.3) is 0 Å². The van der Waals surface area contributed by atoms with Gasteiger partial charge >= 0.3 is 0 Å². The van der Waals surface area contributed by atoms with E-state index in [1.54, 1.807) is 15.2 Å². The van der Waals surface area contributed by atoms with Crippen LogP contribution in [0.5, 0.6) is 0 Å². The van der Waals surface area contributed by atoms with Crippen LogP contribution in [0, 0.1) is 12.8 Å². The van der Waals surface area contributed by atoms with Crippen LogP contribution in [0.1, 0.15) is 37.7 Å². The molecule has 8 heteroatoms. The molecule has 2 saturated heterocycles. The number of rotatable bonds is 4. The van der Waals surface area contributed by atoms with Gasteiger partial charge in [0, 0.05) is 31.9 Å². The molecule has 0 unspecified atom stereocenters. The number of nitrogens with zero attached hydrogens (tertiary/aromatic N) is 4. The van der Waals surface area contributed by atoms with Gasteiger partial charge in [0.05, 0.1) is 12.5 Å². The minimum atomic E-state index is -3.15. The van der Waals surface area contributed by atoms with Gasteiger partial charge in [0.1, 0.15) is 6.54 Å². The molecule has 140 valence electrons. The Morgan fingerprint density at radius 1 is 1.20 bits per heavy atom. The number of piperidine rings is 2. The predicted molar refractivity (Wildman–Crippen MR) is 95.5 cm³/mol. The second-order valence-corrected chi connectivity index (χ2v) is 9.31. The first-order chi connectivity index (χ1) is 11.8. The molecule has 0 spiro atoms. The fraction of sp³-hybridized carbons (Fsp3) is 0.765. The Labute approximate surface area is 150 Å². The van der Waals surface area contributed by atoms with Crippen molar-refractivity contribution in [3.63, 3.8) is 0 Å². The molecule has 2 aliphatic rings.